The quantitative estimate of drug-likeness (QED) is 0.0177. The van der Waals surface area contributed by atoms with Crippen molar-refractivity contribution in [1.29, 1.82) is 0 Å². The van der Waals surface area contributed by atoms with E-state index in [1.54, 1.807) is 48.5 Å². The molecule has 1 unspecified atom stereocenters. The first-order valence-corrected chi connectivity index (χ1v) is 19.0. The van der Waals surface area contributed by atoms with Gasteiger partial charge in [0.1, 0.15) is 22.8 Å². The Hall–Kier alpha value is -5.56. The van der Waals surface area contributed by atoms with Crippen LogP contribution in [0.2, 0.25) is 5.28 Å². The molecule has 0 bridgehead atoms. The minimum atomic E-state index is -2.17. The van der Waals surface area contributed by atoms with Crippen molar-refractivity contribution in [2.45, 2.75) is 19.3 Å². The maximum atomic E-state index is 12.1. The monoisotopic (exact) mass is 818 g/mol. The standard InChI is InChI=1S/C38H35ClN6O9S2/c39-36-42-37(44-38(43-36)41-24-4-6-25(7-5-24)45-56(49)50)40-13-15-52-17-16-51-14-1-2-28(55)18-23-3-10-29(32(19-23)53-22-46)35-30-11-8-26(47)20-33(30)54-34-21-27(48)9-12-31(34)35/h3-12,19-22,45,47H,1-2,13-18H2,(H,49,50)(H2,40,41,42,43,44). The number of halogens is 1. The van der Waals surface area contributed by atoms with E-state index >= 15 is 0 Å². The Kier molecular flexibility index (Phi) is 13.9. The third-order valence-electron chi connectivity index (χ3n) is 8.17. The average Bonchev–Trinajstić information content (AvgIpc) is 3.15. The normalized spacial score (nSPS) is 11.7. The highest BCUT2D eigenvalue weighted by Crippen LogP contribution is 2.44. The van der Waals surface area contributed by atoms with Crippen molar-refractivity contribution in [3.63, 3.8) is 0 Å². The van der Waals surface area contributed by atoms with Crippen LogP contribution in [-0.4, -0.2) is 73.1 Å². The number of phenolic OH excluding ortho intramolecular Hbond substituents is 1. The van der Waals surface area contributed by atoms with Crippen molar-refractivity contribution in [3.8, 4) is 33.9 Å². The number of aromatic nitrogens is 3. The molecule has 290 valence electrons. The number of hydrogen-bond donors (Lipinski definition) is 5. The molecule has 18 heteroatoms. The topological polar surface area (TPSA) is 207 Å². The van der Waals surface area contributed by atoms with Crippen LogP contribution in [0.15, 0.2) is 88.1 Å². The van der Waals surface area contributed by atoms with Crippen molar-refractivity contribution in [2.24, 2.45) is 0 Å². The highest BCUT2D eigenvalue weighted by atomic mass is 35.5. The molecule has 4 aromatic rings. The van der Waals surface area contributed by atoms with E-state index in [-0.39, 0.29) is 28.4 Å². The Balaban J connectivity index is 0.922. The molecule has 0 radical (unpaired) electrons. The molecule has 0 spiro atoms. The summed E-state index contributed by atoms with van der Waals surface area (Å²) in [4.78, 5) is 37.0. The lowest BCUT2D eigenvalue weighted by molar-refractivity contribution is -0.120. The number of anilines is 4. The van der Waals surface area contributed by atoms with Crippen LogP contribution in [0.5, 0.6) is 11.5 Å². The number of hydrogen-bond acceptors (Lipinski definition) is 14. The zero-order valence-electron chi connectivity index (χ0n) is 29.5. The van der Waals surface area contributed by atoms with Crippen LogP contribution in [0.1, 0.15) is 18.4 Å². The van der Waals surface area contributed by atoms with E-state index in [1.165, 1.54) is 18.2 Å². The van der Waals surface area contributed by atoms with Gasteiger partial charge in [-0.05, 0) is 89.5 Å². The first-order valence-electron chi connectivity index (χ1n) is 17.2. The first-order chi connectivity index (χ1) is 27.1. The summed E-state index contributed by atoms with van der Waals surface area (Å²) in [5.74, 6) is 1.15. The molecule has 56 heavy (non-hydrogen) atoms. The van der Waals surface area contributed by atoms with E-state index < -0.39 is 11.3 Å². The number of rotatable bonds is 20. The Labute approximate surface area is 333 Å². The molecule has 0 fully saturated rings. The number of thiocarbonyl (C=S) groups is 1. The van der Waals surface area contributed by atoms with Gasteiger partial charge in [-0.1, -0.05) is 24.4 Å². The van der Waals surface area contributed by atoms with E-state index in [0.29, 0.717) is 103 Å². The Morgan fingerprint density at radius 1 is 0.893 bits per heavy atom. The highest BCUT2D eigenvalue weighted by molar-refractivity contribution is 7.80. The number of fused-ring (bicyclic) bond motifs is 2. The predicted molar refractivity (Wildman–Crippen MR) is 218 cm³/mol. The summed E-state index contributed by atoms with van der Waals surface area (Å²) in [6, 6.07) is 21.4. The van der Waals surface area contributed by atoms with Gasteiger partial charge >= 0.3 is 0 Å². The van der Waals surface area contributed by atoms with Gasteiger partial charge in [-0.2, -0.15) is 15.0 Å². The summed E-state index contributed by atoms with van der Waals surface area (Å²) in [7, 11) is 0. The van der Waals surface area contributed by atoms with Gasteiger partial charge in [0.05, 0.1) is 19.8 Å². The number of nitrogens with one attached hydrogen (secondary N) is 3. The molecule has 6 rings (SSSR count). The minimum Gasteiger partial charge on any atom is -0.508 e. The fourth-order valence-electron chi connectivity index (χ4n) is 5.76. The van der Waals surface area contributed by atoms with E-state index in [0.717, 1.165) is 16.8 Å². The molecule has 15 nitrogen and oxygen atoms in total. The molecular formula is C38H35ClN6O9S2. The van der Waals surface area contributed by atoms with Gasteiger partial charge in [0.25, 0.3) is 17.7 Å². The molecule has 1 aliphatic carbocycles. The van der Waals surface area contributed by atoms with Crippen LogP contribution in [-0.2, 0) is 32.0 Å². The van der Waals surface area contributed by atoms with Gasteiger partial charge in [-0.15, -0.1) is 0 Å². The predicted octanol–water partition coefficient (Wildman–Crippen LogP) is 6.77. The molecule has 2 aliphatic rings. The van der Waals surface area contributed by atoms with Gasteiger partial charge in [0.2, 0.25) is 17.2 Å². The molecule has 5 N–H and O–H groups in total. The summed E-state index contributed by atoms with van der Waals surface area (Å²) in [6.45, 7) is 2.43. The molecule has 0 saturated carbocycles. The van der Waals surface area contributed by atoms with Gasteiger partial charge in [-0.3, -0.25) is 18.9 Å². The lowest BCUT2D eigenvalue weighted by Crippen LogP contribution is -2.15. The molecule has 2 heterocycles. The van der Waals surface area contributed by atoms with E-state index in [4.69, 9.17) is 47.0 Å². The van der Waals surface area contributed by atoms with Crippen molar-refractivity contribution < 1.29 is 37.3 Å². The summed E-state index contributed by atoms with van der Waals surface area (Å²) < 4.78 is 45.0. The lowest BCUT2D eigenvalue weighted by Gasteiger charge is -2.17. The number of carbonyl (C=O) groups excluding carboxylic acids is 1. The van der Waals surface area contributed by atoms with Gasteiger partial charge in [0.15, 0.2) is 5.43 Å². The third-order valence-corrected chi connectivity index (χ3v) is 9.10. The molecular weight excluding hydrogens is 784 g/mol. The highest BCUT2D eigenvalue weighted by Gasteiger charge is 2.21. The van der Waals surface area contributed by atoms with Crippen LogP contribution < -0.4 is 25.5 Å². The van der Waals surface area contributed by atoms with E-state index in [9.17, 15) is 18.9 Å². The van der Waals surface area contributed by atoms with Gasteiger partial charge < -0.3 is 34.4 Å². The van der Waals surface area contributed by atoms with Gasteiger partial charge in [-0.25, -0.2) is 4.21 Å². The zero-order valence-corrected chi connectivity index (χ0v) is 31.9. The SMILES string of the molecule is O=COc1cc(CC(=S)CCCOCCOCCNc2nc(Cl)nc(Nc3ccc(NS(=O)O)cc3)n2)ccc1-c1c2ccc(=O)cc-2oc2cc(O)ccc12. The maximum Gasteiger partial charge on any atom is 0.298 e. The van der Waals surface area contributed by atoms with Crippen LogP contribution in [0.25, 0.3) is 33.4 Å². The number of phenols is 1. The van der Waals surface area contributed by atoms with Crippen molar-refractivity contribution in [3.05, 3.63) is 99.9 Å². The van der Waals surface area contributed by atoms with E-state index in [2.05, 4.69) is 30.3 Å². The fraction of sp³-hybridized carbons (Fsp3) is 0.211. The molecule has 1 aliphatic heterocycles. The minimum absolute atomic E-state index is 0.00506. The number of carbonyl (C=O) groups is 1. The Morgan fingerprint density at radius 2 is 1.64 bits per heavy atom. The lowest BCUT2D eigenvalue weighted by atomic mass is 9.92. The summed E-state index contributed by atoms with van der Waals surface area (Å²) >= 11 is 9.56. The fourth-order valence-corrected chi connectivity index (χ4v) is 6.57. The number of benzene rings is 4. The third kappa shape index (κ3) is 11.0. The second kappa shape index (κ2) is 19.3. The van der Waals surface area contributed by atoms with E-state index in [1.807, 2.05) is 12.1 Å². The largest absolute Gasteiger partial charge is 0.508 e. The number of nitrogens with zero attached hydrogens (tertiary/aromatic N) is 3. The smallest absolute Gasteiger partial charge is 0.298 e. The molecule has 1 aromatic heterocycles. The van der Waals surface area contributed by atoms with Crippen LogP contribution in [0.3, 0.4) is 0 Å². The Morgan fingerprint density at radius 3 is 2.43 bits per heavy atom. The van der Waals surface area contributed by atoms with Crippen molar-refractivity contribution >= 4 is 80.7 Å². The van der Waals surface area contributed by atoms with Crippen LogP contribution in [0.4, 0.5) is 23.3 Å². The van der Waals surface area contributed by atoms with Crippen LogP contribution in [0, 0.1) is 0 Å². The molecule has 0 amide bonds. The average molecular weight is 819 g/mol. The second-order valence-corrected chi connectivity index (χ2v) is 13.8. The van der Waals surface area contributed by atoms with Crippen molar-refractivity contribution in [1.82, 2.24) is 15.0 Å². The first kappa shape index (κ1) is 40.1. The summed E-state index contributed by atoms with van der Waals surface area (Å²) in [6.07, 6.45) is 1.86. The second-order valence-electron chi connectivity index (χ2n) is 12.1. The summed E-state index contributed by atoms with van der Waals surface area (Å²) in [5, 5.41) is 16.8. The summed E-state index contributed by atoms with van der Waals surface area (Å²) in [5.41, 5.74) is 4.08. The van der Waals surface area contributed by atoms with Gasteiger partial charge in [0, 0.05) is 65.2 Å². The van der Waals surface area contributed by atoms with Crippen LogP contribution >= 0.6 is 23.8 Å². The number of ether oxygens (including phenoxy) is 3. The number of aromatic hydroxyl groups is 1. The molecule has 3 aromatic carbocycles. The Bertz CT molecular complexity index is 2380. The zero-order chi connectivity index (χ0) is 39.4. The molecule has 1 atom stereocenters. The van der Waals surface area contributed by atoms with Crippen molar-refractivity contribution in [2.75, 3.05) is 48.3 Å². The molecule has 0 saturated heterocycles. The maximum absolute atomic E-state index is 12.1.